The first-order valence-corrected chi connectivity index (χ1v) is 9.29. The Kier molecular flexibility index (Phi) is 2.99. The molecule has 2 aliphatic carbocycles. The van der Waals surface area contributed by atoms with Crippen molar-refractivity contribution >= 4 is 55.0 Å². The summed E-state index contributed by atoms with van der Waals surface area (Å²) in [6.07, 6.45) is 0. The molecule has 0 fully saturated rings. The summed E-state index contributed by atoms with van der Waals surface area (Å²) < 4.78 is 0. The number of carbonyl (C=O) groups is 2. The van der Waals surface area contributed by atoms with Gasteiger partial charge in [0, 0.05) is 54.2 Å². The Morgan fingerprint density at radius 3 is 1.45 bits per heavy atom. The Labute approximate surface area is 171 Å². The van der Waals surface area contributed by atoms with Crippen LogP contribution in [0.2, 0.25) is 0 Å². The molecule has 0 saturated carbocycles. The van der Waals surface area contributed by atoms with Crippen LogP contribution in [0.5, 0.6) is 5.75 Å². The van der Waals surface area contributed by atoms with E-state index >= 15 is 0 Å². The van der Waals surface area contributed by atoms with Crippen LogP contribution in [0.25, 0.3) is 54.2 Å². The first kappa shape index (κ1) is 17.3. The van der Waals surface area contributed by atoms with Crippen molar-refractivity contribution in [3.05, 3.63) is 74.0 Å². The van der Waals surface area contributed by atoms with Crippen molar-refractivity contribution in [3.8, 4) is 16.9 Å². The third kappa shape index (κ3) is 1.92. The van der Waals surface area contributed by atoms with Crippen LogP contribution in [0, 0.1) is 0 Å². The van der Waals surface area contributed by atoms with Crippen LogP contribution >= 0.6 is 0 Å². The number of phenolic OH excluding ortho intramolecular Hbond substituents is 1. The van der Waals surface area contributed by atoms with Gasteiger partial charge in [-0.15, -0.1) is 0 Å². The second-order valence-electron chi connectivity index (χ2n) is 7.61. The lowest BCUT2D eigenvalue weighted by Crippen LogP contribution is -2.14. The Bertz CT molecular complexity index is 1710. The van der Waals surface area contributed by atoms with E-state index in [1.165, 1.54) is 24.3 Å². The van der Waals surface area contributed by atoms with Crippen LogP contribution in [-0.2, 0) is 0 Å². The van der Waals surface area contributed by atoms with E-state index in [0.29, 0.717) is 21.9 Å². The van der Waals surface area contributed by atoms with Gasteiger partial charge in [-0.2, -0.15) is 0 Å². The molecule has 31 heavy (non-hydrogen) atoms. The summed E-state index contributed by atoms with van der Waals surface area (Å²) in [5.41, 5.74) is -0.271. The number of carboxylic acids is 2. The van der Waals surface area contributed by atoms with E-state index in [2.05, 4.69) is 0 Å². The average molecular weight is 410 g/mol. The fourth-order valence-electron chi connectivity index (χ4n) is 4.81. The van der Waals surface area contributed by atoms with Crippen molar-refractivity contribution in [2.45, 2.75) is 0 Å². The highest BCUT2D eigenvalue weighted by Gasteiger charge is 2.29. The molecule has 0 aliphatic heterocycles. The van der Waals surface area contributed by atoms with Crippen molar-refractivity contribution in [2.75, 3.05) is 0 Å². The highest BCUT2D eigenvalue weighted by atomic mass is 16.4. The van der Waals surface area contributed by atoms with Crippen molar-refractivity contribution in [2.24, 2.45) is 0 Å². The zero-order chi connectivity index (χ0) is 21.8. The third-order valence-electron chi connectivity index (χ3n) is 6.07. The number of hydrogen-bond donors (Lipinski definition) is 3. The second kappa shape index (κ2) is 5.34. The molecule has 4 aromatic carbocycles. The molecule has 0 atom stereocenters. The van der Waals surface area contributed by atoms with Gasteiger partial charge in [-0.1, -0.05) is 18.2 Å². The molecule has 0 radical (unpaired) electrons. The molecule has 0 spiro atoms. The third-order valence-corrected chi connectivity index (χ3v) is 6.07. The number of aromatic hydroxyl groups is 1. The van der Waals surface area contributed by atoms with Crippen LogP contribution in [0.1, 0.15) is 20.7 Å². The van der Waals surface area contributed by atoms with Gasteiger partial charge in [0.15, 0.2) is 10.9 Å². The Balaban J connectivity index is 2.10. The van der Waals surface area contributed by atoms with Crippen LogP contribution in [0.3, 0.4) is 0 Å². The van der Waals surface area contributed by atoms with Crippen LogP contribution in [-0.4, -0.2) is 27.3 Å². The predicted octanol–water partition coefficient (Wildman–Crippen LogP) is 3.54. The summed E-state index contributed by atoms with van der Waals surface area (Å²) >= 11 is 0. The smallest absolute Gasteiger partial charge is 0.335 e. The lowest BCUT2D eigenvalue weighted by Gasteiger charge is -2.22. The lowest BCUT2D eigenvalue weighted by molar-refractivity contribution is 0.0686. The molecule has 6 rings (SSSR count). The summed E-state index contributed by atoms with van der Waals surface area (Å²) in [6, 6.07) is 9.78. The van der Waals surface area contributed by atoms with E-state index < -0.39 is 22.8 Å². The first-order chi connectivity index (χ1) is 14.8. The maximum absolute atomic E-state index is 13.3. The van der Waals surface area contributed by atoms with Gasteiger partial charge in [0.2, 0.25) is 0 Å². The van der Waals surface area contributed by atoms with Gasteiger partial charge in [0.05, 0.1) is 11.1 Å². The minimum Gasteiger partial charge on any atom is -0.507 e. The zero-order valence-corrected chi connectivity index (χ0v) is 15.5. The highest BCUT2D eigenvalue weighted by molar-refractivity contribution is 6.32. The van der Waals surface area contributed by atoms with Gasteiger partial charge in [0.25, 0.3) is 0 Å². The molecule has 4 aromatic rings. The van der Waals surface area contributed by atoms with Gasteiger partial charge < -0.3 is 15.3 Å². The van der Waals surface area contributed by atoms with Gasteiger partial charge in [-0.05, 0) is 24.3 Å². The summed E-state index contributed by atoms with van der Waals surface area (Å²) in [4.78, 5) is 49.9. The summed E-state index contributed by atoms with van der Waals surface area (Å²) in [5, 5.41) is 31.8. The van der Waals surface area contributed by atoms with Crippen molar-refractivity contribution in [3.63, 3.8) is 0 Å². The average Bonchev–Trinajstić information content (AvgIpc) is 2.76. The molecule has 0 bridgehead atoms. The SMILES string of the molecule is O=C(O)c1cc2c(O)c3cc(C(=O)O)cc4c(=O)c5cccc6c5-c(c2c(c1)c6=O)c34. The fraction of sp³-hybridized carbons (Fsp3) is 0. The van der Waals surface area contributed by atoms with Gasteiger partial charge >= 0.3 is 11.9 Å². The lowest BCUT2D eigenvalue weighted by atomic mass is 9.79. The molecule has 0 aromatic heterocycles. The van der Waals surface area contributed by atoms with Gasteiger partial charge in [-0.3, -0.25) is 9.59 Å². The molecule has 0 heterocycles. The number of hydrogen-bond acceptors (Lipinski definition) is 5. The second-order valence-corrected chi connectivity index (χ2v) is 7.61. The summed E-state index contributed by atoms with van der Waals surface area (Å²) in [5.74, 6) is -2.91. The molecule has 0 unspecified atom stereocenters. The van der Waals surface area contributed by atoms with E-state index in [4.69, 9.17) is 0 Å². The maximum atomic E-state index is 13.3. The minimum absolute atomic E-state index is 0.119. The van der Waals surface area contributed by atoms with Crippen molar-refractivity contribution in [1.29, 1.82) is 0 Å². The predicted molar refractivity (Wildman–Crippen MR) is 115 cm³/mol. The number of benzene rings is 6. The Morgan fingerprint density at radius 1 is 0.613 bits per heavy atom. The van der Waals surface area contributed by atoms with E-state index in [1.807, 2.05) is 0 Å². The Hall–Kier alpha value is -4.52. The summed E-state index contributed by atoms with van der Waals surface area (Å²) in [7, 11) is 0. The standard InChI is InChI=1S/C24H10O7/c25-20-10-2-1-3-11-16(10)19-17-12(20)4-8(23(28)29)6-14(17)22(27)15-7-9(24(30)31)5-13(18(15)19)21(11)26/h1-7,27H,(H,28,29)(H,30,31). The van der Waals surface area contributed by atoms with E-state index in [9.17, 15) is 34.5 Å². The topological polar surface area (TPSA) is 129 Å². The Morgan fingerprint density at radius 2 is 1.03 bits per heavy atom. The molecule has 3 N–H and O–H groups in total. The van der Waals surface area contributed by atoms with Crippen molar-refractivity contribution in [1.82, 2.24) is 0 Å². The highest BCUT2D eigenvalue weighted by Crippen LogP contribution is 2.49. The zero-order valence-electron chi connectivity index (χ0n) is 15.5. The van der Waals surface area contributed by atoms with E-state index in [0.717, 1.165) is 0 Å². The minimum atomic E-state index is -1.27. The number of rotatable bonds is 2. The molecule has 0 saturated heterocycles. The number of phenols is 1. The molecular weight excluding hydrogens is 400 g/mol. The molecule has 0 amide bonds. The molecule has 148 valence electrons. The summed E-state index contributed by atoms with van der Waals surface area (Å²) in [6.45, 7) is 0. The molecular formula is C24H10O7. The number of carboxylic acid groups (broad SMARTS) is 2. The number of aromatic carboxylic acids is 2. The van der Waals surface area contributed by atoms with Crippen LogP contribution < -0.4 is 10.9 Å². The first-order valence-electron chi connectivity index (χ1n) is 9.29. The molecule has 7 heteroatoms. The maximum Gasteiger partial charge on any atom is 0.335 e. The fourth-order valence-corrected chi connectivity index (χ4v) is 4.81. The van der Waals surface area contributed by atoms with Crippen molar-refractivity contribution < 1.29 is 24.9 Å². The molecule has 7 nitrogen and oxygen atoms in total. The largest absolute Gasteiger partial charge is 0.507 e. The van der Waals surface area contributed by atoms with Gasteiger partial charge in [0.1, 0.15) is 5.75 Å². The van der Waals surface area contributed by atoms with E-state index in [1.54, 1.807) is 18.2 Å². The van der Waals surface area contributed by atoms with Crippen LogP contribution in [0.4, 0.5) is 0 Å². The van der Waals surface area contributed by atoms with Gasteiger partial charge in [-0.25, -0.2) is 9.59 Å². The van der Waals surface area contributed by atoms with E-state index in [-0.39, 0.29) is 49.2 Å². The van der Waals surface area contributed by atoms with Crippen LogP contribution in [0.15, 0.2) is 52.1 Å². The monoisotopic (exact) mass is 410 g/mol. The quantitative estimate of drug-likeness (QED) is 0.294. The normalized spacial score (nSPS) is 12.1. The molecule has 2 aliphatic rings.